The van der Waals surface area contributed by atoms with Gasteiger partial charge in [0.1, 0.15) is 11.5 Å². The zero-order valence-corrected chi connectivity index (χ0v) is 25.4. The lowest BCUT2D eigenvalue weighted by Crippen LogP contribution is -2.29. The van der Waals surface area contributed by atoms with Crippen molar-refractivity contribution >= 4 is 23.7 Å². The minimum atomic E-state index is -0.343. The number of aromatic nitrogens is 4. The molecule has 0 radical (unpaired) electrons. The number of fused-ring (bicyclic) bond motifs is 1. The lowest BCUT2D eigenvalue weighted by Gasteiger charge is -2.23. The number of aliphatic hydroxyl groups excluding tert-OH is 1. The number of aryl methyl sites for hydroxylation is 2. The number of hydrogen-bond donors (Lipinski definition) is 2. The van der Waals surface area contributed by atoms with Crippen LogP contribution in [0.4, 0.5) is 17.3 Å². The normalized spacial score (nSPS) is 13.6. The van der Waals surface area contributed by atoms with Crippen LogP contribution in [-0.4, -0.2) is 37.3 Å². The summed E-state index contributed by atoms with van der Waals surface area (Å²) in [6.07, 6.45) is 6.12. The van der Waals surface area contributed by atoms with Gasteiger partial charge in [-0.15, -0.1) is 0 Å². The number of hydrogen-bond acceptors (Lipinski definition) is 7. The largest absolute Gasteiger partial charge is 0.392 e. The van der Waals surface area contributed by atoms with Gasteiger partial charge in [-0.25, -0.2) is 4.98 Å². The van der Waals surface area contributed by atoms with Crippen LogP contribution in [0.1, 0.15) is 36.4 Å². The zero-order valence-electron chi connectivity index (χ0n) is 25.4. The molecule has 226 valence electrons. The average Bonchev–Trinajstić information content (AvgIpc) is 3.68. The van der Waals surface area contributed by atoms with Crippen molar-refractivity contribution in [2.24, 2.45) is 12.5 Å². The van der Waals surface area contributed by atoms with Crippen LogP contribution >= 0.6 is 0 Å². The van der Waals surface area contributed by atoms with Gasteiger partial charge in [0.15, 0.2) is 11.6 Å². The monoisotopic (exact) mass is 592 g/mol. The molecular weight excluding hydrogens is 556 g/mol. The Hall–Kier alpha value is -4.96. The van der Waals surface area contributed by atoms with Crippen LogP contribution < -0.4 is 15.8 Å². The van der Waals surface area contributed by atoms with Crippen LogP contribution in [0.3, 0.4) is 0 Å². The first-order chi connectivity index (χ1) is 21.2. The summed E-state index contributed by atoms with van der Waals surface area (Å²) in [4.78, 5) is 31.5. The molecule has 4 aromatic heterocycles. The Bertz CT molecular complexity index is 1890. The van der Waals surface area contributed by atoms with Gasteiger partial charge in [0.2, 0.25) is 6.41 Å². The number of carbonyl (C=O) groups is 1. The number of anilines is 3. The first kappa shape index (κ1) is 29.1. The quantitative estimate of drug-likeness (QED) is 0.213. The van der Waals surface area contributed by atoms with Crippen molar-refractivity contribution in [1.82, 2.24) is 19.3 Å². The molecule has 0 unspecified atom stereocenters. The molecule has 0 fully saturated rings. The molecule has 44 heavy (non-hydrogen) atoms. The van der Waals surface area contributed by atoms with Gasteiger partial charge < -0.3 is 24.1 Å². The van der Waals surface area contributed by atoms with Crippen molar-refractivity contribution in [2.75, 3.05) is 16.8 Å². The standard InChI is InChI=1S/C34H36N6O4/c1-22-14-24-17-34(2,3)18-29(24)40(22)13-12-39(21-42)32-27(20-41)26(10-11-35-32)25-15-28(33(43)38(4)19-25)36-31-16-30(44-37-31)23-8-6-5-7-9-23/h5-11,14-16,19,21,41H,12-13,17-18,20H2,1-4H3,(H,36,37). The van der Waals surface area contributed by atoms with Gasteiger partial charge in [0, 0.05) is 66.7 Å². The van der Waals surface area contributed by atoms with E-state index in [1.165, 1.54) is 21.5 Å². The number of amides is 1. The molecule has 6 rings (SSSR count). The second-order valence-electron chi connectivity index (χ2n) is 12.2. The Balaban J connectivity index is 1.29. The van der Waals surface area contributed by atoms with Crippen LogP contribution in [0.25, 0.3) is 22.5 Å². The van der Waals surface area contributed by atoms with Crippen molar-refractivity contribution in [3.8, 4) is 22.5 Å². The van der Waals surface area contributed by atoms with Gasteiger partial charge in [-0.3, -0.25) is 14.5 Å². The van der Waals surface area contributed by atoms with E-state index in [1.807, 2.05) is 30.3 Å². The third kappa shape index (κ3) is 5.56. The van der Waals surface area contributed by atoms with Gasteiger partial charge >= 0.3 is 0 Å². The minimum absolute atomic E-state index is 0.228. The Labute approximate surface area is 255 Å². The van der Waals surface area contributed by atoms with Crippen LogP contribution in [0.2, 0.25) is 0 Å². The van der Waals surface area contributed by atoms with Gasteiger partial charge in [-0.2, -0.15) is 0 Å². The summed E-state index contributed by atoms with van der Waals surface area (Å²) < 4.78 is 9.24. The molecule has 1 amide bonds. The smallest absolute Gasteiger partial charge is 0.274 e. The number of rotatable bonds is 10. The van der Waals surface area contributed by atoms with Crippen molar-refractivity contribution in [3.63, 3.8) is 0 Å². The fourth-order valence-electron chi connectivity index (χ4n) is 6.23. The zero-order chi connectivity index (χ0) is 31.0. The highest BCUT2D eigenvalue weighted by atomic mass is 16.5. The van der Waals surface area contributed by atoms with E-state index in [9.17, 15) is 14.7 Å². The lowest BCUT2D eigenvalue weighted by molar-refractivity contribution is -0.107. The Morgan fingerprint density at radius 1 is 1.11 bits per heavy atom. The van der Waals surface area contributed by atoms with Gasteiger partial charge in [-0.1, -0.05) is 49.3 Å². The fourth-order valence-corrected chi connectivity index (χ4v) is 6.23. The molecule has 10 nitrogen and oxygen atoms in total. The summed E-state index contributed by atoms with van der Waals surface area (Å²) >= 11 is 0. The van der Waals surface area contributed by atoms with Crippen LogP contribution in [0.15, 0.2) is 76.3 Å². The van der Waals surface area contributed by atoms with E-state index < -0.39 is 0 Å². The van der Waals surface area contributed by atoms with Gasteiger partial charge in [-0.05, 0) is 54.5 Å². The van der Waals surface area contributed by atoms with E-state index in [2.05, 4.69) is 46.9 Å². The first-order valence-corrected chi connectivity index (χ1v) is 14.7. The molecule has 1 aromatic carbocycles. The molecule has 0 bridgehead atoms. The number of aliphatic hydroxyl groups is 1. The molecule has 4 heterocycles. The van der Waals surface area contributed by atoms with E-state index in [0.29, 0.717) is 47.2 Å². The second-order valence-corrected chi connectivity index (χ2v) is 12.2. The SMILES string of the molecule is Cc1cc2c(n1CCN(C=O)c1nccc(-c3cc(Nc4cc(-c5ccccc5)on4)c(=O)n(C)c3)c1CO)CC(C)(C)C2. The summed E-state index contributed by atoms with van der Waals surface area (Å²) in [5.74, 6) is 1.34. The first-order valence-electron chi connectivity index (χ1n) is 14.7. The van der Waals surface area contributed by atoms with E-state index in [4.69, 9.17) is 4.52 Å². The van der Waals surface area contributed by atoms with Crippen molar-refractivity contribution in [1.29, 1.82) is 0 Å². The molecule has 2 N–H and O–H groups in total. The molecule has 0 aliphatic heterocycles. The Morgan fingerprint density at radius 2 is 1.91 bits per heavy atom. The van der Waals surface area contributed by atoms with Crippen LogP contribution in [-0.2, 0) is 37.8 Å². The Kier molecular flexibility index (Phi) is 7.69. The molecule has 0 atom stereocenters. The number of nitrogens with zero attached hydrogens (tertiary/aromatic N) is 5. The van der Waals surface area contributed by atoms with E-state index in [0.717, 1.165) is 24.8 Å². The third-order valence-corrected chi connectivity index (χ3v) is 8.30. The molecule has 0 spiro atoms. The Morgan fingerprint density at radius 3 is 2.66 bits per heavy atom. The highest BCUT2D eigenvalue weighted by molar-refractivity contribution is 5.81. The second kappa shape index (κ2) is 11.6. The highest BCUT2D eigenvalue weighted by Crippen LogP contribution is 2.38. The summed E-state index contributed by atoms with van der Waals surface area (Å²) in [6, 6.07) is 17.0. The van der Waals surface area contributed by atoms with Gasteiger partial charge in [0.25, 0.3) is 5.56 Å². The van der Waals surface area contributed by atoms with Gasteiger partial charge in [0.05, 0.1) is 6.61 Å². The topological polar surface area (TPSA) is 118 Å². The molecule has 0 saturated heterocycles. The van der Waals surface area contributed by atoms with Crippen molar-refractivity contribution < 1.29 is 14.4 Å². The fraction of sp³-hybridized carbons (Fsp3) is 0.294. The molecule has 10 heteroatoms. The van der Waals surface area contributed by atoms with E-state index >= 15 is 0 Å². The maximum atomic E-state index is 13.1. The number of nitrogens with one attached hydrogen (secondary N) is 1. The summed E-state index contributed by atoms with van der Waals surface area (Å²) in [5, 5.41) is 17.7. The van der Waals surface area contributed by atoms with Crippen molar-refractivity contribution in [3.05, 3.63) is 99.9 Å². The molecular formula is C34H36N6O4. The van der Waals surface area contributed by atoms with Crippen LogP contribution in [0, 0.1) is 12.3 Å². The predicted molar refractivity (Wildman–Crippen MR) is 170 cm³/mol. The number of pyridine rings is 2. The molecule has 0 saturated carbocycles. The average molecular weight is 593 g/mol. The molecule has 5 aromatic rings. The minimum Gasteiger partial charge on any atom is -0.392 e. The third-order valence-electron chi connectivity index (χ3n) is 8.30. The molecule has 1 aliphatic rings. The summed E-state index contributed by atoms with van der Waals surface area (Å²) in [5.41, 5.74) is 6.82. The lowest BCUT2D eigenvalue weighted by atomic mass is 9.90. The maximum absolute atomic E-state index is 13.1. The van der Waals surface area contributed by atoms with E-state index in [1.54, 1.807) is 42.5 Å². The predicted octanol–water partition coefficient (Wildman–Crippen LogP) is 5.24. The van der Waals surface area contributed by atoms with E-state index in [-0.39, 0.29) is 23.3 Å². The maximum Gasteiger partial charge on any atom is 0.274 e. The summed E-state index contributed by atoms with van der Waals surface area (Å²) in [6.45, 7) is 7.32. The van der Waals surface area contributed by atoms with Crippen LogP contribution in [0.5, 0.6) is 0 Å². The van der Waals surface area contributed by atoms with Crippen molar-refractivity contribution in [2.45, 2.75) is 46.8 Å². The highest BCUT2D eigenvalue weighted by Gasteiger charge is 2.32. The number of benzene rings is 1. The number of carbonyl (C=O) groups excluding carboxylic acids is 1. The summed E-state index contributed by atoms with van der Waals surface area (Å²) in [7, 11) is 1.66. The molecule has 1 aliphatic carbocycles.